The Morgan fingerprint density at radius 1 is 1.32 bits per heavy atom. The Morgan fingerprint density at radius 2 is 2.07 bits per heavy atom. The number of carbonyl (C=O) groups is 1. The first-order chi connectivity index (χ1) is 13.4. The van der Waals surface area contributed by atoms with Crippen LogP contribution in [0.15, 0.2) is 24.3 Å². The average Bonchev–Trinajstić information content (AvgIpc) is 3.13. The van der Waals surface area contributed by atoms with Crippen molar-refractivity contribution in [1.82, 2.24) is 15.1 Å². The Kier molecular flexibility index (Phi) is 6.94. The highest BCUT2D eigenvalue weighted by Crippen LogP contribution is 2.34. The standard InChI is InChI=1S/C22H34FN3O2/c1-17(2)25-10-3-4-19(14-25)13-24-21(28)26-11-9-22(15-26,16-27)12-18-5-7-20(23)8-6-18/h5-8,17,19,27H,3-4,9-16H2,1-2H3,(H,24,28). The Labute approximate surface area is 167 Å². The SMILES string of the molecule is CC(C)N1CCCC(CNC(=O)N2CCC(CO)(Cc3ccc(F)cc3)C2)C1. The van der Waals surface area contributed by atoms with E-state index >= 15 is 0 Å². The van der Waals surface area contributed by atoms with Gasteiger partial charge in [-0.15, -0.1) is 0 Å². The number of hydrogen-bond donors (Lipinski definition) is 2. The minimum atomic E-state index is -0.339. The van der Waals surface area contributed by atoms with Gasteiger partial charge in [-0.1, -0.05) is 12.1 Å². The largest absolute Gasteiger partial charge is 0.396 e. The number of carbonyl (C=O) groups excluding carboxylic acids is 1. The summed E-state index contributed by atoms with van der Waals surface area (Å²) in [5, 5.41) is 13.1. The van der Waals surface area contributed by atoms with E-state index in [1.165, 1.54) is 18.6 Å². The fourth-order valence-electron chi connectivity index (χ4n) is 4.55. The molecule has 2 atom stereocenters. The number of benzene rings is 1. The minimum absolute atomic E-state index is 0.0279. The van der Waals surface area contributed by atoms with Crippen LogP contribution in [-0.4, -0.2) is 66.3 Å². The molecule has 0 aliphatic carbocycles. The zero-order valence-electron chi connectivity index (χ0n) is 17.2. The van der Waals surface area contributed by atoms with Gasteiger partial charge in [0.25, 0.3) is 0 Å². The second-order valence-corrected chi connectivity index (χ2v) is 8.92. The number of likely N-dealkylation sites (tertiary alicyclic amines) is 2. The quantitative estimate of drug-likeness (QED) is 0.784. The smallest absolute Gasteiger partial charge is 0.317 e. The highest BCUT2D eigenvalue weighted by Gasteiger charge is 2.39. The van der Waals surface area contributed by atoms with Crippen LogP contribution in [0.3, 0.4) is 0 Å². The van der Waals surface area contributed by atoms with E-state index in [9.17, 15) is 14.3 Å². The van der Waals surface area contributed by atoms with Gasteiger partial charge in [-0.05, 0) is 69.7 Å². The predicted octanol–water partition coefficient (Wildman–Crippen LogP) is 2.88. The summed E-state index contributed by atoms with van der Waals surface area (Å²) in [6.45, 7) is 8.57. The lowest BCUT2D eigenvalue weighted by Crippen LogP contribution is -2.46. The van der Waals surface area contributed by atoms with Gasteiger partial charge in [0.15, 0.2) is 0 Å². The Bertz CT molecular complexity index is 652. The lowest BCUT2D eigenvalue weighted by atomic mass is 9.81. The summed E-state index contributed by atoms with van der Waals surface area (Å²) in [7, 11) is 0. The fraction of sp³-hybridized carbons (Fsp3) is 0.682. The van der Waals surface area contributed by atoms with Gasteiger partial charge in [-0.2, -0.15) is 0 Å². The Hall–Kier alpha value is -1.66. The Morgan fingerprint density at radius 3 is 2.75 bits per heavy atom. The van der Waals surface area contributed by atoms with Crippen molar-refractivity contribution >= 4 is 6.03 Å². The Balaban J connectivity index is 1.50. The highest BCUT2D eigenvalue weighted by atomic mass is 19.1. The molecule has 6 heteroatoms. The van der Waals surface area contributed by atoms with Crippen molar-refractivity contribution in [3.05, 3.63) is 35.6 Å². The number of aliphatic hydroxyl groups is 1. The number of hydrogen-bond acceptors (Lipinski definition) is 3. The van der Waals surface area contributed by atoms with E-state index in [-0.39, 0.29) is 23.9 Å². The van der Waals surface area contributed by atoms with Gasteiger partial charge in [0, 0.05) is 37.6 Å². The van der Waals surface area contributed by atoms with E-state index in [1.54, 1.807) is 12.1 Å². The van der Waals surface area contributed by atoms with E-state index in [2.05, 4.69) is 24.1 Å². The molecule has 2 saturated heterocycles. The molecule has 28 heavy (non-hydrogen) atoms. The number of piperidine rings is 1. The van der Waals surface area contributed by atoms with E-state index < -0.39 is 0 Å². The lowest BCUT2D eigenvalue weighted by molar-refractivity contribution is 0.127. The highest BCUT2D eigenvalue weighted by molar-refractivity contribution is 5.74. The van der Waals surface area contributed by atoms with E-state index in [1.807, 2.05) is 4.90 Å². The molecule has 1 aromatic carbocycles. The van der Waals surface area contributed by atoms with Crippen LogP contribution in [-0.2, 0) is 6.42 Å². The van der Waals surface area contributed by atoms with E-state index in [0.717, 1.165) is 31.5 Å². The molecule has 0 bridgehead atoms. The van der Waals surface area contributed by atoms with Crippen molar-refractivity contribution in [2.75, 3.05) is 39.3 Å². The van der Waals surface area contributed by atoms with Gasteiger partial charge in [-0.3, -0.25) is 0 Å². The van der Waals surface area contributed by atoms with Gasteiger partial charge < -0.3 is 20.2 Å². The maximum atomic E-state index is 13.1. The summed E-state index contributed by atoms with van der Waals surface area (Å²) in [4.78, 5) is 17.0. The van der Waals surface area contributed by atoms with Crippen LogP contribution < -0.4 is 5.32 Å². The summed E-state index contributed by atoms with van der Waals surface area (Å²) < 4.78 is 13.1. The van der Waals surface area contributed by atoms with Crippen molar-refractivity contribution in [3.63, 3.8) is 0 Å². The molecule has 2 heterocycles. The molecule has 2 aliphatic heterocycles. The topological polar surface area (TPSA) is 55.8 Å². The summed E-state index contributed by atoms with van der Waals surface area (Å²) in [5.41, 5.74) is 0.655. The molecule has 2 amide bonds. The zero-order chi connectivity index (χ0) is 20.1. The third-order valence-electron chi connectivity index (χ3n) is 6.38. The molecule has 5 nitrogen and oxygen atoms in total. The number of halogens is 1. The third-order valence-corrected chi connectivity index (χ3v) is 6.38. The number of nitrogens with zero attached hydrogens (tertiary/aromatic N) is 2. The molecule has 156 valence electrons. The monoisotopic (exact) mass is 391 g/mol. The van der Waals surface area contributed by atoms with Crippen molar-refractivity contribution in [1.29, 1.82) is 0 Å². The van der Waals surface area contributed by atoms with Crippen LogP contribution in [0, 0.1) is 17.2 Å². The molecule has 0 radical (unpaired) electrons. The van der Waals surface area contributed by atoms with E-state index in [4.69, 9.17) is 0 Å². The minimum Gasteiger partial charge on any atom is -0.396 e. The van der Waals surface area contributed by atoms with Crippen LogP contribution in [0.2, 0.25) is 0 Å². The molecule has 2 aliphatic rings. The number of amides is 2. The predicted molar refractivity (Wildman–Crippen MR) is 109 cm³/mol. The third kappa shape index (κ3) is 5.23. The number of urea groups is 1. The van der Waals surface area contributed by atoms with Crippen LogP contribution in [0.25, 0.3) is 0 Å². The maximum absolute atomic E-state index is 13.1. The first kappa shape index (κ1) is 21.1. The number of rotatable bonds is 6. The van der Waals surface area contributed by atoms with Crippen LogP contribution in [0.1, 0.15) is 38.7 Å². The summed E-state index contributed by atoms with van der Waals surface area (Å²) in [6, 6.07) is 6.94. The first-order valence-corrected chi connectivity index (χ1v) is 10.5. The van der Waals surface area contributed by atoms with Crippen molar-refractivity contribution in [2.24, 2.45) is 11.3 Å². The normalized spacial score (nSPS) is 26.0. The number of nitrogens with one attached hydrogen (secondary N) is 1. The molecule has 1 aromatic rings. The molecule has 0 aromatic heterocycles. The molecule has 3 rings (SSSR count). The lowest BCUT2D eigenvalue weighted by Gasteiger charge is -2.35. The molecular formula is C22H34FN3O2. The summed E-state index contributed by atoms with van der Waals surface area (Å²) >= 11 is 0. The molecule has 2 fully saturated rings. The van der Waals surface area contributed by atoms with Gasteiger partial charge >= 0.3 is 6.03 Å². The first-order valence-electron chi connectivity index (χ1n) is 10.5. The van der Waals surface area contributed by atoms with Gasteiger partial charge in [0.2, 0.25) is 0 Å². The fourth-order valence-corrected chi connectivity index (χ4v) is 4.55. The van der Waals surface area contributed by atoms with Gasteiger partial charge in [-0.25, -0.2) is 9.18 Å². The summed E-state index contributed by atoms with van der Waals surface area (Å²) in [5.74, 6) is 0.248. The molecule has 2 unspecified atom stereocenters. The van der Waals surface area contributed by atoms with Crippen molar-refractivity contribution in [2.45, 2.75) is 45.6 Å². The second kappa shape index (κ2) is 9.23. The number of aliphatic hydroxyl groups excluding tert-OH is 1. The van der Waals surface area contributed by atoms with Crippen LogP contribution in [0.4, 0.5) is 9.18 Å². The zero-order valence-corrected chi connectivity index (χ0v) is 17.2. The molecule has 0 spiro atoms. The van der Waals surface area contributed by atoms with Gasteiger partial charge in [0.05, 0.1) is 6.61 Å². The molecular weight excluding hydrogens is 357 g/mol. The van der Waals surface area contributed by atoms with Crippen LogP contribution in [0.5, 0.6) is 0 Å². The van der Waals surface area contributed by atoms with Crippen LogP contribution >= 0.6 is 0 Å². The van der Waals surface area contributed by atoms with Gasteiger partial charge in [0.1, 0.15) is 5.82 Å². The molecule has 2 N–H and O–H groups in total. The van der Waals surface area contributed by atoms with Crippen molar-refractivity contribution in [3.8, 4) is 0 Å². The maximum Gasteiger partial charge on any atom is 0.317 e. The summed E-state index contributed by atoms with van der Waals surface area (Å²) in [6.07, 6.45) is 3.76. The average molecular weight is 392 g/mol. The van der Waals surface area contributed by atoms with Crippen molar-refractivity contribution < 1.29 is 14.3 Å². The van der Waals surface area contributed by atoms with E-state index in [0.29, 0.717) is 38.0 Å². The second-order valence-electron chi connectivity index (χ2n) is 8.92. The molecule has 0 saturated carbocycles.